The smallest absolute Gasteiger partial charge is 0.328 e. The van der Waals surface area contributed by atoms with Gasteiger partial charge in [0, 0.05) is 6.54 Å². The second-order valence-electron chi connectivity index (χ2n) is 7.89. The fourth-order valence-corrected chi connectivity index (χ4v) is 3.27. The molecule has 1 aliphatic heterocycles. The Morgan fingerprint density at radius 1 is 1.07 bits per heavy atom. The number of rotatable bonds is 10. The number of nitrogens with zero attached hydrogens (tertiary/aromatic N) is 1. The van der Waals surface area contributed by atoms with E-state index < -0.39 is 60.1 Å². The van der Waals surface area contributed by atoms with Crippen LogP contribution in [0.2, 0.25) is 0 Å². The third-order valence-electron chi connectivity index (χ3n) is 5.49. The lowest BCUT2D eigenvalue weighted by Gasteiger charge is -2.31. The Morgan fingerprint density at radius 2 is 1.63 bits per heavy atom. The van der Waals surface area contributed by atoms with Gasteiger partial charge in [0.05, 0.1) is 18.2 Å². The average Bonchev–Trinajstić information content (AvgIpc) is 3.17. The van der Waals surface area contributed by atoms with Crippen LogP contribution in [-0.2, 0) is 19.2 Å². The standard InChI is InChI=1S/C19H34N4O7/c1-5-9(2)13(20)17(27)21-14(10(3)24)18(28)23-8-6-7-12(23)16(26)22-15(11(4)25)19(29)30/h9-15,24-25H,5-8,20H2,1-4H3,(H,21,27)(H,22,26)(H,29,30). The number of carbonyl (C=O) groups is 4. The number of nitrogens with one attached hydrogen (secondary N) is 2. The van der Waals surface area contributed by atoms with Crippen molar-refractivity contribution in [3.8, 4) is 0 Å². The molecular weight excluding hydrogens is 396 g/mol. The molecule has 7 unspecified atom stereocenters. The van der Waals surface area contributed by atoms with Crippen LogP contribution in [-0.4, -0.2) is 86.8 Å². The molecule has 30 heavy (non-hydrogen) atoms. The number of amides is 3. The van der Waals surface area contributed by atoms with Crippen molar-refractivity contribution in [1.82, 2.24) is 15.5 Å². The summed E-state index contributed by atoms with van der Waals surface area (Å²) in [5, 5.41) is 33.5. The fraction of sp³-hybridized carbons (Fsp3) is 0.789. The van der Waals surface area contributed by atoms with Gasteiger partial charge in [0.2, 0.25) is 17.7 Å². The van der Waals surface area contributed by atoms with Crippen LogP contribution < -0.4 is 16.4 Å². The Balaban J connectivity index is 2.94. The molecule has 0 saturated carbocycles. The number of hydrogen-bond acceptors (Lipinski definition) is 7. The summed E-state index contributed by atoms with van der Waals surface area (Å²) in [5.41, 5.74) is 5.90. The van der Waals surface area contributed by atoms with E-state index >= 15 is 0 Å². The lowest BCUT2D eigenvalue weighted by molar-refractivity contribution is -0.147. The van der Waals surface area contributed by atoms with E-state index in [-0.39, 0.29) is 18.9 Å². The summed E-state index contributed by atoms with van der Waals surface area (Å²) in [6, 6.07) is -4.65. The molecule has 11 heteroatoms. The predicted octanol–water partition coefficient (Wildman–Crippen LogP) is -1.83. The lowest BCUT2D eigenvalue weighted by atomic mass is 9.98. The van der Waals surface area contributed by atoms with Gasteiger partial charge in [0.25, 0.3) is 0 Å². The molecule has 0 radical (unpaired) electrons. The number of nitrogens with two attached hydrogens (primary N) is 1. The monoisotopic (exact) mass is 430 g/mol. The third-order valence-corrected chi connectivity index (χ3v) is 5.49. The Labute approximate surface area is 176 Å². The summed E-state index contributed by atoms with van der Waals surface area (Å²) in [5.74, 6) is -3.49. The van der Waals surface area contributed by atoms with Crippen LogP contribution >= 0.6 is 0 Å². The van der Waals surface area contributed by atoms with Crippen LogP contribution in [0.1, 0.15) is 47.0 Å². The molecule has 0 aromatic heterocycles. The number of aliphatic hydroxyl groups is 2. The maximum absolute atomic E-state index is 13.0. The molecule has 7 atom stereocenters. The van der Waals surface area contributed by atoms with E-state index in [1.807, 2.05) is 6.92 Å². The molecule has 0 bridgehead atoms. The third kappa shape index (κ3) is 6.38. The molecule has 1 heterocycles. The number of carboxylic acids is 1. The number of likely N-dealkylation sites (tertiary alicyclic amines) is 1. The number of hydrogen-bond donors (Lipinski definition) is 6. The molecule has 0 spiro atoms. The van der Waals surface area contributed by atoms with Crippen LogP contribution in [0.25, 0.3) is 0 Å². The van der Waals surface area contributed by atoms with Crippen molar-refractivity contribution in [2.24, 2.45) is 11.7 Å². The normalized spacial score (nSPS) is 22.4. The highest BCUT2D eigenvalue weighted by Crippen LogP contribution is 2.20. The predicted molar refractivity (Wildman–Crippen MR) is 107 cm³/mol. The van der Waals surface area contributed by atoms with Crippen LogP contribution in [0, 0.1) is 5.92 Å². The van der Waals surface area contributed by atoms with E-state index in [0.29, 0.717) is 12.8 Å². The number of aliphatic hydroxyl groups excluding tert-OH is 2. The maximum Gasteiger partial charge on any atom is 0.328 e. The summed E-state index contributed by atoms with van der Waals surface area (Å²) < 4.78 is 0. The quantitative estimate of drug-likeness (QED) is 0.234. The minimum absolute atomic E-state index is 0.131. The summed E-state index contributed by atoms with van der Waals surface area (Å²) in [4.78, 5) is 50.4. The van der Waals surface area contributed by atoms with Crippen LogP contribution in [0.3, 0.4) is 0 Å². The Bertz CT molecular complexity index is 640. The van der Waals surface area contributed by atoms with Gasteiger partial charge in [-0.25, -0.2) is 4.79 Å². The van der Waals surface area contributed by atoms with E-state index in [1.54, 1.807) is 6.92 Å². The highest BCUT2D eigenvalue weighted by molar-refractivity contribution is 5.94. The second-order valence-corrected chi connectivity index (χ2v) is 7.89. The Hall–Kier alpha value is -2.24. The lowest BCUT2D eigenvalue weighted by Crippen LogP contribution is -2.60. The van der Waals surface area contributed by atoms with Crippen molar-refractivity contribution in [1.29, 1.82) is 0 Å². The molecule has 172 valence electrons. The molecule has 0 aliphatic carbocycles. The zero-order valence-electron chi connectivity index (χ0n) is 17.9. The zero-order valence-corrected chi connectivity index (χ0v) is 17.9. The van der Waals surface area contributed by atoms with E-state index in [0.717, 1.165) is 0 Å². The fourth-order valence-electron chi connectivity index (χ4n) is 3.27. The van der Waals surface area contributed by atoms with E-state index in [2.05, 4.69) is 10.6 Å². The molecule has 11 nitrogen and oxygen atoms in total. The first-order chi connectivity index (χ1) is 13.9. The number of carbonyl (C=O) groups excluding carboxylic acids is 3. The first kappa shape index (κ1) is 25.8. The average molecular weight is 431 g/mol. The second kappa shape index (κ2) is 11.2. The summed E-state index contributed by atoms with van der Waals surface area (Å²) in [6.45, 7) is 6.46. The van der Waals surface area contributed by atoms with Crippen molar-refractivity contribution < 1.29 is 34.5 Å². The SMILES string of the molecule is CCC(C)C(N)C(=O)NC(C(=O)N1CCCC1C(=O)NC(C(=O)O)C(C)O)C(C)O. The van der Waals surface area contributed by atoms with Crippen LogP contribution in [0.5, 0.6) is 0 Å². The van der Waals surface area contributed by atoms with Crippen molar-refractivity contribution in [2.75, 3.05) is 6.54 Å². The van der Waals surface area contributed by atoms with Gasteiger partial charge in [-0.15, -0.1) is 0 Å². The van der Waals surface area contributed by atoms with Gasteiger partial charge in [-0.2, -0.15) is 0 Å². The van der Waals surface area contributed by atoms with Gasteiger partial charge in [-0.3, -0.25) is 14.4 Å². The summed E-state index contributed by atoms with van der Waals surface area (Å²) in [7, 11) is 0. The molecule has 3 amide bonds. The molecule has 0 aromatic carbocycles. The van der Waals surface area contributed by atoms with Crippen molar-refractivity contribution in [3.05, 3.63) is 0 Å². The Kier molecular flexibility index (Phi) is 9.66. The van der Waals surface area contributed by atoms with Crippen LogP contribution in [0.4, 0.5) is 0 Å². The minimum atomic E-state index is -1.52. The van der Waals surface area contributed by atoms with Crippen molar-refractivity contribution in [3.63, 3.8) is 0 Å². The van der Waals surface area contributed by atoms with E-state index in [4.69, 9.17) is 10.8 Å². The summed E-state index contributed by atoms with van der Waals surface area (Å²) in [6.07, 6.45) is -1.13. The van der Waals surface area contributed by atoms with Gasteiger partial charge in [0.15, 0.2) is 6.04 Å². The van der Waals surface area contributed by atoms with Gasteiger partial charge >= 0.3 is 5.97 Å². The molecule has 7 N–H and O–H groups in total. The topological polar surface area (TPSA) is 182 Å². The molecular formula is C19H34N4O7. The first-order valence-electron chi connectivity index (χ1n) is 10.2. The van der Waals surface area contributed by atoms with Gasteiger partial charge in [-0.1, -0.05) is 20.3 Å². The van der Waals surface area contributed by atoms with E-state index in [1.165, 1.54) is 18.7 Å². The maximum atomic E-state index is 13.0. The Morgan fingerprint density at radius 3 is 2.10 bits per heavy atom. The first-order valence-corrected chi connectivity index (χ1v) is 10.2. The largest absolute Gasteiger partial charge is 0.480 e. The van der Waals surface area contributed by atoms with Gasteiger partial charge in [0.1, 0.15) is 12.1 Å². The number of aliphatic carboxylic acids is 1. The highest BCUT2D eigenvalue weighted by atomic mass is 16.4. The molecule has 1 rings (SSSR count). The van der Waals surface area contributed by atoms with Crippen molar-refractivity contribution in [2.45, 2.75) is 83.3 Å². The van der Waals surface area contributed by atoms with Gasteiger partial charge in [-0.05, 0) is 32.6 Å². The van der Waals surface area contributed by atoms with E-state index in [9.17, 15) is 29.4 Å². The van der Waals surface area contributed by atoms with Gasteiger partial charge < -0.3 is 36.6 Å². The summed E-state index contributed by atoms with van der Waals surface area (Å²) >= 11 is 0. The van der Waals surface area contributed by atoms with Crippen molar-refractivity contribution >= 4 is 23.7 Å². The molecule has 1 aliphatic rings. The molecule has 1 saturated heterocycles. The minimum Gasteiger partial charge on any atom is -0.480 e. The molecule has 1 fully saturated rings. The molecule has 0 aromatic rings. The zero-order chi connectivity index (χ0) is 23.2. The number of carboxylic acid groups (broad SMARTS) is 1. The van der Waals surface area contributed by atoms with Crippen LogP contribution in [0.15, 0.2) is 0 Å². The highest BCUT2D eigenvalue weighted by Gasteiger charge is 2.41.